The number of rotatable bonds is 3. The van der Waals surface area contributed by atoms with Crippen molar-refractivity contribution in [1.82, 2.24) is 9.97 Å². The Bertz CT molecular complexity index is 739. The molecule has 0 amide bonds. The Morgan fingerprint density at radius 2 is 1.76 bits per heavy atom. The molecule has 1 saturated heterocycles. The lowest BCUT2D eigenvalue weighted by Crippen LogP contribution is -2.39. The van der Waals surface area contributed by atoms with Crippen LogP contribution in [-0.4, -0.2) is 29.2 Å². The number of piperidine rings is 1. The third kappa shape index (κ3) is 3.60. The first-order chi connectivity index (χ1) is 12.2. The molecule has 5 heteroatoms. The number of hydrogen-bond acceptors (Lipinski definition) is 4. The Morgan fingerprint density at radius 1 is 1.04 bits per heavy atom. The number of ether oxygens (including phenoxy) is 1. The van der Waals surface area contributed by atoms with E-state index in [1.54, 1.807) is 12.1 Å². The summed E-state index contributed by atoms with van der Waals surface area (Å²) in [5.41, 5.74) is 2.60. The van der Waals surface area contributed by atoms with E-state index in [1.807, 2.05) is 6.92 Å². The smallest absolute Gasteiger partial charge is 0.135 e. The van der Waals surface area contributed by atoms with Crippen molar-refractivity contribution in [3.8, 4) is 5.75 Å². The summed E-state index contributed by atoms with van der Waals surface area (Å²) < 4.78 is 19.0. The molecule has 1 fully saturated rings. The summed E-state index contributed by atoms with van der Waals surface area (Å²) in [5.74, 6) is 2.53. The minimum absolute atomic E-state index is 0.181. The van der Waals surface area contributed by atoms with Crippen molar-refractivity contribution in [3.63, 3.8) is 0 Å². The number of nitrogens with zero attached hydrogens (tertiary/aromatic N) is 3. The van der Waals surface area contributed by atoms with E-state index in [0.29, 0.717) is 0 Å². The fourth-order valence-corrected chi connectivity index (χ4v) is 3.85. The standard InChI is InChI=1S/C20H24FN3O/c1-14-22-19-5-3-2-4-18(19)20(23-14)24-12-10-17(11-13-24)25-16-8-6-15(21)7-9-16/h6-9,17H,2-5,10-13H2,1H3. The Balaban J connectivity index is 1.43. The molecule has 0 atom stereocenters. The second-order valence-electron chi connectivity index (χ2n) is 6.98. The van der Waals surface area contributed by atoms with Gasteiger partial charge in [-0.3, -0.25) is 0 Å². The average molecular weight is 341 g/mol. The maximum Gasteiger partial charge on any atom is 0.135 e. The summed E-state index contributed by atoms with van der Waals surface area (Å²) >= 11 is 0. The van der Waals surface area contributed by atoms with Gasteiger partial charge in [-0.15, -0.1) is 0 Å². The highest BCUT2D eigenvalue weighted by Crippen LogP contribution is 2.30. The quantitative estimate of drug-likeness (QED) is 0.850. The van der Waals surface area contributed by atoms with Crippen LogP contribution in [0, 0.1) is 12.7 Å². The van der Waals surface area contributed by atoms with Gasteiger partial charge in [-0.25, -0.2) is 14.4 Å². The minimum atomic E-state index is -0.230. The number of fused-ring (bicyclic) bond motifs is 1. The Kier molecular flexibility index (Phi) is 4.55. The van der Waals surface area contributed by atoms with Crippen molar-refractivity contribution >= 4 is 5.82 Å². The van der Waals surface area contributed by atoms with Gasteiger partial charge in [0.05, 0.1) is 0 Å². The molecule has 1 aromatic heterocycles. The van der Waals surface area contributed by atoms with Gasteiger partial charge in [0.15, 0.2) is 0 Å². The highest BCUT2D eigenvalue weighted by molar-refractivity contribution is 5.50. The molecule has 132 valence electrons. The summed E-state index contributed by atoms with van der Waals surface area (Å²) in [7, 11) is 0. The summed E-state index contributed by atoms with van der Waals surface area (Å²) in [6.07, 6.45) is 6.73. The highest BCUT2D eigenvalue weighted by Gasteiger charge is 2.26. The number of aromatic nitrogens is 2. The monoisotopic (exact) mass is 341 g/mol. The molecule has 4 nitrogen and oxygen atoms in total. The highest BCUT2D eigenvalue weighted by atomic mass is 19.1. The zero-order chi connectivity index (χ0) is 17.2. The van der Waals surface area contributed by atoms with E-state index in [-0.39, 0.29) is 11.9 Å². The van der Waals surface area contributed by atoms with Crippen LogP contribution in [0.25, 0.3) is 0 Å². The third-order valence-electron chi connectivity index (χ3n) is 5.13. The van der Waals surface area contributed by atoms with Gasteiger partial charge < -0.3 is 9.64 Å². The number of halogens is 1. The van der Waals surface area contributed by atoms with Crippen molar-refractivity contribution in [2.75, 3.05) is 18.0 Å². The topological polar surface area (TPSA) is 38.2 Å². The van der Waals surface area contributed by atoms with Gasteiger partial charge in [0.25, 0.3) is 0 Å². The lowest BCUT2D eigenvalue weighted by atomic mass is 9.95. The van der Waals surface area contributed by atoms with Crippen molar-refractivity contribution < 1.29 is 9.13 Å². The molecule has 2 heterocycles. The molecular weight excluding hydrogens is 317 g/mol. The molecule has 0 unspecified atom stereocenters. The molecular formula is C20H24FN3O. The van der Waals surface area contributed by atoms with Crippen LogP contribution in [0.4, 0.5) is 10.2 Å². The molecule has 25 heavy (non-hydrogen) atoms. The SMILES string of the molecule is Cc1nc2c(c(N3CCC(Oc4ccc(F)cc4)CC3)n1)CCCC2. The van der Waals surface area contributed by atoms with Crippen LogP contribution in [0.3, 0.4) is 0 Å². The molecule has 4 rings (SSSR count). The third-order valence-corrected chi connectivity index (χ3v) is 5.13. The second kappa shape index (κ2) is 6.98. The lowest BCUT2D eigenvalue weighted by molar-refractivity contribution is 0.170. The van der Waals surface area contributed by atoms with E-state index < -0.39 is 0 Å². The van der Waals surface area contributed by atoms with Crippen LogP contribution >= 0.6 is 0 Å². The van der Waals surface area contributed by atoms with Crippen molar-refractivity contribution in [1.29, 1.82) is 0 Å². The number of benzene rings is 1. The molecule has 0 N–H and O–H groups in total. The summed E-state index contributed by atoms with van der Waals surface area (Å²) in [6.45, 7) is 3.87. The van der Waals surface area contributed by atoms with E-state index in [9.17, 15) is 4.39 Å². The van der Waals surface area contributed by atoms with Crippen molar-refractivity contribution in [2.45, 2.75) is 51.6 Å². The molecule has 0 saturated carbocycles. The first kappa shape index (κ1) is 16.3. The normalized spacial score (nSPS) is 18.1. The number of aryl methyl sites for hydroxylation is 2. The van der Waals surface area contributed by atoms with Gasteiger partial charge >= 0.3 is 0 Å². The van der Waals surface area contributed by atoms with Gasteiger partial charge in [-0.1, -0.05) is 0 Å². The average Bonchev–Trinajstić information content (AvgIpc) is 2.63. The van der Waals surface area contributed by atoms with E-state index >= 15 is 0 Å². The molecule has 2 aliphatic rings. The maximum absolute atomic E-state index is 13.0. The summed E-state index contributed by atoms with van der Waals surface area (Å²) in [5, 5.41) is 0. The fraction of sp³-hybridized carbons (Fsp3) is 0.500. The number of anilines is 1. The fourth-order valence-electron chi connectivity index (χ4n) is 3.85. The van der Waals surface area contributed by atoms with Crippen LogP contribution in [0.15, 0.2) is 24.3 Å². The Labute approximate surface area is 148 Å². The first-order valence-electron chi connectivity index (χ1n) is 9.22. The van der Waals surface area contributed by atoms with Gasteiger partial charge in [0.1, 0.15) is 29.3 Å². The van der Waals surface area contributed by atoms with Crippen LogP contribution in [0.5, 0.6) is 5.75 Å². The van der Waals surface area contributed by atoms with E-state index in [4.69, 9.17) is 9.72 Å². The van der Waals surface area contributed by atoms with Crippen LogP contribution in [0.2, 0.25) is 0 Å². The molecule has 0 spiro atoms. The first-order valence-corrected chi connectivity index (χ1v) is 9.22. The van der Waals surface area contributed by atoms with Gasteiger partial charge in [0, 0.05) is 37.2 Å². The van der Waals surface area contributed by atoms with Crippen LogP contribution in [0.1, 0.15) is 42.8 Å². The zero-order valence-electron chi connectivity index (χ0n) is 14.7. The van der Waals surface area contributed by atoms with Gasteiger partial charge in [0.2, 0.25) is 0 Å². The summed E-state index contributed by atoms with van der Waals surface area (Å²) in [4.78, 5) is 11.8. The largest absolute Gasteiger partial charge is 0.490 e. The number of hydrogen-bond donors (Lipinski definition) is 0. The molecule has 1 aliphatic heterocycles. The van der Waals surface area contributed by atoms with E-state index in [1.165, 1.54) is 36.2 Å². The molecule has 1 aromatic carbocycles. The van der Waals surface area contributed by atoms with Crippen LogP contribution < -0.4 is 9.64 Å². The minimum Gasteiger partial charge on any atom is -0.490 e. The Hall–Kier alpha value is -2.17. The maximum atomic E-state index is 13.0. The van der Waals surface area contributed by atoms with Crippen molar-refractivity contribution in [3.05, 3.63) is 47.2 Å². The van der Waals surface area contributed by atoms with Gasteiger partial charge in [-0.2, -0.15) is 0 Å². The molecule has 2 aromatic rings. The van der Waals surface area contributed by atoms with Gasteiger partial charge in [-0.05, 0) is 56.9 Å². The molecule has 1 aliphatic carbocycles. The summed E-state index contributed by atoms with van der Waals surface area (Å²) in [6, 6.07) is 6.29. The predicted molar refractivity (Wildman–Crippen MR) is 95.7 cm³/mol. The zero-order valence-corrected chi connectivity index (χ0v) is 14.7. The predicted octanol–water partition coefficient (Wildman–Crippen LogP) is 3.85. The Morgan fingerprint density at radius 3 is 2.52 bits per heavy atom. The van der Waals surface area contributed by atoms with Crippen LogP contribution in [-0.2, 0) is 12.8 Å². The van der Waals surface area contributed by atoms with E-state index in [0.717, 1.165) is 56.2 Å². The van der Waals surface area contributed by atoms with Crippen molar-refractivity contribution in [2.24, 2.45) is 0 Å². The molecule has 0 bridgehead atoms. The lowest BCUT2D eigenvalue weighted by Gasteiger charge is -2.35. The second-order valence-corrected chi connectivity index (χ2v) is 6.98. The van der Waals surface area contributed by atoms with E-state index in [2.05, 4.69) is 9.88 Å². The molecule has 0 radical (unpaired) electrons.